The number of halogens is 1. The quantitative estimate of drug-likeness (QED) is 0.395. The van der Waals surface area contributed by atoms with Crippen molar-refractivity contribution in [2.45, 2.75) is 0 Å². The van der Waals surface area contributed by atoms with Crippen LogP contribution in [0.5, 0.6) is 5.88 Å². The number of piperazine rings is 1. The summed E-state index contributed by atoms with van der Waals surface area (Å²) in [6, 6.07) is 14.5. The van der Waals surface area contributed by atoms with Crippen molar-refractivity contribution in [3.05, 3.63) is 59.2 Å². The highest BCUT2D eigenvalue weighted by Crippen LogP contribution is 2.26. The molecule has 0 saturated carbocycles. The number of para-hydroxylation sites is 2. The van der Waals surface area contributed by atoms with Gasteiger partial charge in [-0.1, -0.05) is 18.2 Å². The first-order valence-corrected chi connectivity index (χ1v) is 11.7. The molecule has 35 heavy (non-hydrogen) atoms. The van der Waals surface area contributed by atoms with E-state index < -0.39 is 11.8 Å². The van der Waals surface area contributed by atoms with Crippen molar-refractivity contribution in [1.82, 2.24) is 19.9 Å². The second-order valence-corrected chi connectivity index (χ2v) is 8.68. The van der Waals surface area contributed by atoms with Crippen LogP contribution >= 0.6 is 15.9 Å². The van der Waals surface area contributed by atoms with E-state index in [1.54, 1.807) is 24.4 Å². The van der Waals surface area contributed by atoms with Crippen LogP contribution in [-0.4, -0.2) is 65.0 Å². The maximum Gasteiger partial charge on any atom is 0.313 e. The number of carbonyl (C=O) groups excluding carboxylic acids is 2. The number of fused-ring (bicyclic) bond motifs is 1. The largest absolute Gasteiger partial charge is 0.480 e. The van der Waals surface area contributed by atoms with E-state index in [0.717, 1.165) is 5.52 Å². The lowest BCUT2D eigenvalue weighted by Crippen LogP contribution is -2.52. The van der Waals surface area contributed by atoms with Crippen LogP contribution in [0.25, 0.3) is 22.6 Å². The normalized spacial score (nSPS) is 13.7. The Bertz CT molecular complexity index is 1370. The molecule has 0 aliphatic carbocycles. The van der Waals surface area contributed by atoms with Gasteiger partial charge in [0.15, 0.2) is 5.58 Å². The molecule has 11 heteroatoms. The van der Waals surface area contributed by atoms with E-state index in [1.807, 2.05) is 35.2 Å². The van der Waals surface area contributed by atoms with Crippen molar-refractivity contribution in [3.63, 3.8) is 0 Å². The van der Waals surface area contributed by atoms with Gasteiger partial charge in [-0.3, -0.25) is 9.59 Å². The Balaban J connectivity index is 1.21. The molecule has 178 valence electrons. The zero-order chi connectivity index (χ0) is 24.4. The van der Waals surface area contributed by atoms with Crippen LogP contribution in [-0.2, 0) is 9.59 Å². The summed E-state index contributed by atoms with van der Waals surface area (Å²) in [4.78, 5) is 42.1. The molecular formula is C24H21BrN6O4. The van der Waals surface area contributed by atoms with Crippen molar-refractivity contribution in [2.24, 2.45) is 0 Å². The molecule has 0 unspecified atom stereocenters. The van der Waals surface area contributed by atoms with E-state index in [9.17, 15) is 9.59 Å². The highest BCUT2D eigenvalue weighted by Gasteiger charge is 2.27. The first kappa shape index (κ1) is 22.8. The van der Waals surface area contributed by atoms with Gasteiger partial charge >= 0.3 is 11.8 Å². The third-order valence-electron chi connectivity index (χ3n) is 5.60. The number of anilines is 2. The van der Waals surface area contributed by atoms with Crippen molar-refractivity contribution in [2.75, 3.05) is 43.5 Å². The Kier molecular flexibility index (Phi) is 6.32. The lowest BCUT2D eigenvalue weighted by Gasteiger charge is -2.34. The third kappa shape index (κ3) is 4.80. The SMILES string of the molecule is COc1nc(N2CCN(C(=O)C(=O)Nc3cccc(-c4nc5ccccc5o4)c3)CC2)ncc1Br. The molecule has 1 aliphatic heterocycles. The summed E-state index contributed by atoms with van der Waals surface area (Å²) in [5.74, 6) is 0.100. The molecule has 1 N–H and O–H groups in total. The van der Waals surface area contributed by atoms with Crippen molar-refractivity contribution in [3.8, 4) is 17.3 Å². The van der Waals surface area contributed by atoms with Gasteiger partial charge in [0.2, 0.25) is 17.7 Å². The predicted molar refractivity (Wildman–Crippen MR) is 133 cm³/mol. The van der Waals surface area contributed by atoms with Gasteiger partial charge < -0.3 is 24.3 Å². The van der Waals surface area contributed by atoms with Gasteiger partial charge in [-0.15, -0.1) is 0 Å². The van der Waals surface area contributed by atoms with Crippen LogP contribution < -0.4 is 15.0 Å². The summed E-state index contributed by atoms with van der Waals surface area (Å²) in [5.41, 5.74) is 2.61. The van der Waals surface area contributed by atoms with Gasteiger partial charge in [-0.05, 0) is 46.3 Å². The number of methoxy groups -OCH3 is 1. The van der Waals surface area contributed by atoms with Crippen LogP contribution in [0, 0.1) is 0 Å². The minimum atomic E-state index is -0.699. The van der Waals surface area contributed by atoms with Crippen LogP contribution in [0.15, 0.2) is 63.6 Å². The fourth-order valence-corrected chi connectivity index (χ4v) is 4.15. The van der Waals surface area contributed by atoms with Crippen molar-refractivity contribution >= 4 is 50.5 Å². The van der Waals surface area contributed by atoms with Crippen LogP contribution in [0.4, 0.5) is 11.6 Å². The van der Waals surface area contributed by atoms with E-state index in [4.69, 9.17) is 9.15 Å². The number of oxazole rings is 1. The van der Waals surface area contributed by atoms with Crippen LogP contribution in [0.1, 0.15) is 0 Å². The Morgan fingerprint density at radius 1 is 1.06 bits per heavy atom. The number of carbonyl (C=O) groups is 2. The van der Waals surface area contributed by atoms with E-state index >= 15 is 0 Å². The smallest absolute Gasteiger partial charge is 0.313 e. The number of nitrogens with zero attached hydrogens (tertiary/aromatic N) is 5. The molecule has 1 saturated heterocycles. The highest BCUT2D eigenvalue weighted by atomic mass is 79.9. The van der Waals surface area contributed by atoms with Crippen LogP contribution in [0.2, 0.25) is 0 Å². The molecule has 5 rings (SSSR count). The maximum absolute atomic E-state index is 12.8. The number of rotatable bonds is 4. The Hall–Kier alpha value is -3.99. The summed E-state index contributed by atoms with van der Waals surface area (Å²) in [6.07, 6.45) is 1.63. The Labute approximate surface area is 209 Å². The van der Waals surface area contributed by atoms with E-state index in [-0.39, 0.29) is 0 Å². The molecule has 0 spiro atoms. The first-order valence-electron chi connectivity index (χ1n) is 10.9. The lowest BCUT2D eigenvalue weighted by atomic mass is 10.2. The second-order valence-electron chi connectivity index (χ2n) is 7.83. The molecule has 2 aromatic heterocycles. The fraction of sp³-hybridized carbons (Fsp3) is 0.208. The third-order valence-corrected chi connectivity index (χ3v) is 6.14. The predicted octanol–water partition coefficient (Wildman–Crippen LogP) is 3.34. The molecule has 1 aliphatic rings. The summed E-state index contributed by atoms with van der Waals surface area (Å²) in [5, 5.41) is 2.69. The number of ether oxygens (including phenoxy) is 1. The number of hydrogen-bond acceptors (Lipinski definition) is 8. The van der Waals surface area contributed by atoms with E-state index in [1.165, 1.54) is 12.0 Å². The monoisotopic (exact) mass is 536 g/mol. The average molecular weight is 537 g/mol. The zero-order valence-corrected chi connectivity index (χ0v) is 20.4. The van der Waals surface area contributed by atoms with Crippen LogP contribution in [0.3, 0.4) is 0 Å². The maximum atomic E-state index is 12.8. The number of hydrogen-bond donors (Lipinski definition) is 1. The Morgan fingerprint density at radius 3 is 2.63 bits per heavy atom. The topological polar surface area (TPSA) is 114 Å². The van der Waals surface area contributed by atoms with Gasteiger partial charge in [0, 0.05) is 37.4 Å². The summed E-state index contributed by atoms with van der Waals surface area (Å²) in [6.45, 7) is 1.74. The summed E-state index contributed by atoms with van der Waals surface area (Å²) in [7, 11) is 1.54. The Morgan fingerprint density at radius 2 is 1.86 bits per heavy atom. The van der Waals surface area contributed by atoms with Gasteiger partial charge in [-0.2, -0.15) is 4.98 Å². The first-order chi connectivity index (χ1) is 17.0. The standard InChI is InChI=1S/C24H21BrN6O4/c1-34-22-17(25)14-26-24(29-22)31-11-9-30(10-12-31)23(33)20(32)27-16-6-4-5-15(13-16)21-28-18-7-2-3-8-19(18)35-21/h2-8,13-14H,9-12H2,1H3,(H,27,32). The number of amides is 2. The summed E-state index contributed by atoms with van der Waals surface area (Å²) < 4.78 is 11.7. The summed E-state index contributed by atoms with van der Waals surface area (Å²) >= 11 is 3.34. The number of benzene rings is 2. The lowest BCUT2D eigenvalue weighted by molar-refractivity contribution is -0.143. The van der Waals surface area contributed by atoms with Crippen molar-refractivity contribution < 1.29 is 18.7 Å². The van der Waals surface area contributed by atoms with Crippen molar-refractivity contribution in [1.29, 1.82) is 0 Å². The molecule has 0 bridgehead atoms. The molecule has 0 atom stereocenters. The molecule has 1 fully saturated rings. The van der Waals surface area contributed by atoms with Gasteiger partial charge in [0.1, 0.15) is 5.52 Å². The average Bonchev–Trinajstić information content (AvgIpc) is 3.33. The van der Waals surface area contributed by atoms with Gasteiger partial charge in [0.25, 0.3) is 0 Å². The molecule has 2 amide bonds. The molecule has 10 nitrogen and oxygen atoms in total. The minimum absolute atomic E-state index is 0.372. The highest BCUT2D eigenvalue weighted by molar-refractivity contribution is 9.10. The molecular weight excluding hydrogens is 516 g/mol. The van der Waals surface area contributed by atoms with E-state index in [0.29, 0.717) is 65.2 Å². The fourth-order valence-electron chi connectivity index (χ4n) is 3.80. The second kappa shape index (κ2) is 9.71. The van der Waals surface area contributed by atoms with Gasteiger partial charge in [0.05, 0.1) is 17.8 Å². The molecule has 3 heterocycles. The van der Waals surface area contributed by atoms with E-state index in [2.05, 4.69) is 36.2 Å². The number of aromatic nitrogens is 3. The minimum Gasteiger partial charge on any atom is -0.480 e. The molecule has 4 aromatic rings. The zero-order valence-electron chi connectivity index (χ0n) is 18.8. The number of nitrogens with one attached hydrogen (secondary N) is 1. The molecule has 0 radical (unpaired) electrons. The molecule has 2 aromatic carbocycles. The van der Waals surface area contributed by atoms with Gasteiger partial charge in [-0.25, -0.2) is 9.97 Å².